The third kappa shape index (κ3) is 7.17. The molecule has 30 heavy (non-hydrogen) atoms. The maximum Gasteiger partial charge on any atom is 0.450 e. The predicted molar refractivity (Wildman–Crippen MR) is 103 cm³/mol. The van der Waals surface area contributed by atoms with Crippen LogP contribution in [0.5, 0.6) is 0 Å². The number of hydrogen-bond acceptors (Lipinski definition) is 6. The fourth-order valence-corrected chi connectivity index (χ4v) is 3.67. The molecule has 0 aliphatic rings. The molecule has 0 aromatic carbocycles. The zero-order valence-corrected chi connectivity index (χ0v) is 16.7. The summed E-state index contributed by atoms with van der Waals surface area (Å²) in [4.78, 5) is 31.4. The summed E-state index contributed by atoms with van der Waals surface area (Å²) in [6.45, 7) is -0.319. The van der Waals surface area contributed by atoms with Crippen molar-refractivity contribution in [2.24, 2.45) is 9.98 Å². The molecule has 0 saturated carbocycles. The van der Waals surface area contributed by atoms with Crippen LogP contribution in [0.25, 0.3) is 0 Å². The molecule has 2 aromatic rings. The predicted octanol–water partition coefficient (Wildman–Crippen LogP) is 5.13. The average molecular weight is 468 g/mol. The molecule has 2 aromatic heterocycles. The van der Waals surface area contributed by atoms with Crippen LogP contribution < -0.4 is 0 Å². The number of thiophene rings is 2. The molecule has 4 nitrogen and oxygen atoms in total. The largest absolute Gasteiger partial charge is 0.450 e. The average Bonchev–Trinajstić information content (AvgIpc) is 3.35. The molecule has 0 amide bonds. The Labute approximate surface area is 175 Å². The van der Waals surface area contributed by atoms with Crippen molar-refractivity contribution in [3.05, 3.63) is 44.8 Å². The third-order valence-corrected chi connectivity index (χ3v) is 5.44. The molecule has 0 spiro atoms. The molecule has 0 N–H and O–H groups in total. The number of aliphatic imine (C=N–C) groups is 2. The Balaban J connectivity index is 2.15. The van der Waals surface area contributed by atoms with Crippen molar-refractivity contribution in [3.63, 3.8) is 0 Å². The van der Waals surface area contributed by atoms with Gasteiger partial charge in [-0.3, -0.25) is 19.6 Å². The van der Waals surface area contributed by atoms with Crippen LogP contribution in [0.1, 0.15) is 22.6 Å². The van der Waals surface area contributed by atoms with Crippen molar-refractivity contribution in [3.8, 4) is 0 Å². The van der Waals surface area contributed by atoms with E-state index in [0.717, 1.165) is 22.7 Å². The summed E-state index contributed by atoms with van der Waals surface area (Å²) in [5.41, 5.74) is -0.155. The van der Waals surface area contributed by atoms with E-state index in [0.29, 0.717) is 9.75 Å². The maximum absolute atomic E-state index is 12.6. The van der Waals surface area contributed by atoms with E-state index in [1.807, 2.05) is 0 Å². The van der Waals surface area contributed by atoms with E-state index in [1.165, 1.54) is 12.1 Å². The van der Waals surface area contributed by atoms with Gasteiger partial charge >= 0.3 is 12.4 Å². The van der Waals surface area contributed by atoms with E-state index >= 15 is 0 Å². The molecule has 0 unspecified atom stereocenters. The number of alkyl halides is 6. The van der Waals surface area contributed by atoms with Crippen molar-refractivity contribution >= 4 is 45.7 Å². The lowest BCUT2D eigenvalue weighted by Gasteiger charge is -2.08. The lowest BCUT2D eigenvalue weighted by atomic mass is 10.1. The molecule has 0 saturated heterocycles. The Morgan fingerprint density at radius 2 is 1.10 bits per heavy atom. The minimum absolute atomic E-state index is 0.0773. The molecule has 0 aliphatic carbocycles. The zero-order valence-electron chi connectivity index (χ0n) is 15.1. The Bertz CT molecular complexity index is 837. The van der Waals surface area contributed by atoms with Crippen LogP contribution >= 0.6 is 22.7 Å². The number of carbonyl (C=O) groups excluding carboxylic acids is 2. The fraction of sp³-hybridized carbons (Fsp3) is 0.333. The number of nitrogens with zero attached hydrogens (tertiary/aromatic N) is 2. The van der Waals surface area contributed by atoms with Crippen molar-refractivity contribution in [1.82, 2.24) is 0 Å². The number of hydrogen-bond donors (Lipinski definition) is 0. The second-order valence-corrected chi connectivity index (χ2v) is 7.70. The number of ketones is 2. The highest BCUT2D eigenvalue weighted by molar-refractivity contribution is 7.12. The SMILES string of the molecule is O=C(CC(=NCCN=C(CC(=O)C(F)(F)F)c1cccs1)c1cccs1)C(F)(F)F. The Kier molecular flexibility index (Phi) is 8.07. The van der Waals surface area contributed by atoms with E-state index in [2.05, 4.69) is 9.98 Å². The number of carbonyl (C=O) groups is 2. The second-order valence-electron chi connectivity index (χ2n) is 5.81. The summed E-state index contributed by atoms with van der Waals surface area (Å²) >= 11 is 2.21. The number of halogens is 6. The van der Waals surface area contributed by atoms with Gasteiger partial charge in [-0.05, 0) is 22.9 Å². The summed E-state index contributed by atoms with van der Waals surface area (Å²) < 4.78 is 75.4. The Morgan fingerprint density at radius 3 is 1.37 bits per heavy atom. The summed E-state index contributed by atoms with van der Waals surface area (Å²) in [5, 5.41) is 3.22. The van der Waals surface area contributed by atoms with Crippen molar-refractivity contribution in [2.45, 2.75) is 25.2 Å². The fourth-order valence-electron chi connectivity index (χ4n) is 2.20. The van der Waals surface area contributed by atoms with Gasteiger partial charge in [0.1, 0.15) is 0 Å². The van der Waals surface area contributed by atoms with Gasteiger partial charge in [-0.1, -0.05) is 12.1 Å². The lowest BCUT2D eigenvalue weighted by Crippen LogP contribution is -2.26. The highest BCUT2D eigenvalue weighted by atomic mass is 32.1. The topological polar surface area (TPSA) is 58.9 Å². The number of Topliss-reactive ketones (excluding diaryl/α,β-unsaturated/α-hetero) is 2. The van der Waals surface area contributed by atoms with E-state index in [4.69, 9.17) is 0 Å². The van der Waals surface area contributed by atoms with E-state index in [9.17, 15) is 35.9 Å². The molecule has 12 heteroatoms. The third-order valence-electron chi connectivity index (χ3n) is 3.60. The first-order valence-corrected chi connectivity index (χ1v) is 10.1. The number of rotatable bonds is 9. The standard InChI is InChI=1S/C18H14F6N2O2S2/c19-17(20,21)15(27)9-11(13-3-1-7-29-13)25-5-6-26-12(14-4-2-8-30-14)10-16(28)18(22,23)24/h1-4,7-8H,5-6,9-10H2. The van der Waals surface area contributed by atoms with Gasteiger partial charge in [0, 0.05) is 9.75 Å². The van der Waals surface area contributed by atoms with Gasteiger partial charge in [-0.15, -0.1) is 22.7 Å². The molecule has 0 radical (unpaired) electrons. The molecule has 0 atom stereocenters. The highest BCUT2D eigenvalue weighted by Crippen LogP contribution is 2.22. The first kappa shape index (κ1) is 23.9. The molecule has 0 aliphatic heterocycles. The monoisotopic (exact) mass is 468 g/mol. The van der Waals surface area contributed by atoms with E-state index < -0.39 is 36.8 Å². The summed E-state index contributed by atoms with van der Waals surface area (Å²) in [6.07, 6.45) is -11.9. The first-order chi connectivity index (χ1) is 14.0. The van der Waals surface area contributed by atoms with Crippen molar-refractivity contribution in [2.75, 3.05) is 13.1 Å². The molecule has 0 fully saturated rings. The molecule has 2 heterocycles. The van der Waals surface area contributed by atoms with Gasteiger partial charge in [-0.2, -0.15) is 26.3 Å². The molecule has 162 valence electrons. The first-order valence-electron chi connectivity index (χ1n) is 8.33. The maximum atomic E-state index is 12.6. The molecular weight excluding hydrogens is 454 g/mol. The van der Waals surface area contributed by atoms with Crippen molar-refractivity contribution < 1.29 is 35.9 Å². The van der Waals surface area contributed by atoms with E-state index in [1.54, 1.807) is 22.9 Å². The van der Waals surface area contributed by atoms with Gasteiger partial charge in [0.25, 0.3) is 0 Å². The Morgan fingerprint density at radius 1 is 0.733 bits per heavy atom. The second kappa shape index (κ2) is 10.1. The van der Waals surface area contributed by atoms with Crippen LogP contribution in [0.4, 0.5) is 26.3 Å². The van der Waals surface area contributed by atoms with Crippen LogP contribution in [-0.4, -0.2) is 48.4 Å². The quantitative estimate of drug-likeness (QED) is 0.291. The zero-order chi connectivity index (χ0) is 22.4. The highest BCUT2D eigenvalue weighted by Gasteiger charge is 2.39. The molecular formula is C18H14F6N2O2S2. The van der Waals surface area contributed by atoms with Crippen LogP contribution in [0.3, 0.4) is 0 Å². The van der Waals surface area contributed by atoms with Crippen molar-refractivity contribution in [1.29, 1.82) is 0 Å². The van der Waals surface area contributed by atoms with Gasteiger partial charge in [0.2, 0.25) is 11.6 Å². The molecule has 0 bridgehead atoms. The summed E-state index contributed by atoms with van der Waals surface area (Å²) in [6, 6.07) is 6.19. The van der Waals surface area contributed by atoms with Crippen LogP contribution in [0, 0.1) is 0 Å². The summed E-state index contributed by atoms with van der Waals surface area (Å²) in [7, 11) is 0. The van der Waals surface area contributed by atoms with E-state index in [-0.39, 0.29) is 24.5 Å². The van der Waals surface area contributed by atoms with Gasteiger partial charge in [0.15, 0.2) is 0 Å². The van der Waals surface area contributed by atoms with Gasteiger partial charge in [0.05, 0.1) is 37.4 Å². The lowest BCUT2D eigenvalue weighted by molar-refractivity contribution is -0.169. The molecule has 2 rings (SSSR count). The van der Waals surface area contributed by atoms with Gasteiger partial charge < -0.3 is 0 Å². The van der Waals surface area contributed by atoms with Crippen LogP contribution in [0.15, 0.2) is 45.0 Å². The smallest absolute Gasteiger partial charge is 0.289 e. The minimum Gasteiger partial charge on any atom is -0.289 e. The van der Waals surface area contributed by atoms with Gasteiger partial charge in [-0.25, -0.2) is 0 Å². The normalized spacial score (nSPS) is 13.5. The van der Waals surface area contributed by atoms with Crippen LogP contribution in [-0.2, 0) is 9.59 Å². The Hall–Kier alpha value is -2.34. The minimum atomic E-state index is -5.00. The summed E-state index contributed by atoms with van der Waals surface area (Å²) in [5.74, 6) is -3.90. The van der Waals surface area contributed by atoms with Crippen LogP contribution in [0.2, 0.25) is 0 Å².